The number of ketones is 1. The molecule has 1 aromatic rings. The summed E-state index contributed by atoms with van der Waals surface area (Å²) in [6.07, 6.45) is 1.83. The van der Waals surface area contributed by atoms with E-state index in [1.807, 2.05) is 58.0 Å². The lowest BCUT2D eigenvalue weighted by molar-refractivity contribution is 0.104. The lowest BCUT2D eigenvalue weighted by Crippen LogP contribution is -1.98. The van der Waals surface area contributed by atoms with E-state index in [4.69, 9.17) is 0 Å². The number of aryl methyl sites for hydroxylation is 2. The van der Waals surface area contributed by atoms with Crippen molar-refractivity contribution in [3.8, 4) is 12.1 Å². The van der Waals surface area contributed by atoms with Crippen molar-refractivity contribution in [2.75, 3.05) is 0 Å². The zero-order chi connectivity index (χ0) is 15.7. The van der Waals surface area contributed by atoms with Gasteiger partial charge < -0.3 is 0 Å². The van der Waals surface area contributed by atoms with Gasteiger partial charge in [-0.1, -0.05) is 26.0 Å². The molecule has 0 aromatic heterocycles. The molecule has 0 spiro atoms. The Hall–Kier alpha value is -2.65. The van der Waals surface area contributed by atoms with Crippen LogP contribution in [0, 0.1) is 42.4 Å². The number of benzene rings is 1. The average Bonchev–Trinajstić information content (AvgIpc) is 2.66. The molecule has 0 aliphatic heterocycles. The molecule has 3 nitrogen and oxygen atoms in total. The molecular formula is C18H16N2O. The lowest BCUT2D eigenvalue weighted by Gasteiger charge is -2.05. The maximum atomic E-state index is 12.6. The van der Waals surface area contributed by atoms with Crippen LogP contribution in [0.3, 0.4) is 0 Å². The number of nitriles is 2. The highest BCUT2D eigenvalue weighted by molar-refractivity contribution is 6.27. The zero-order valence-electron chi connectivity index (χ0n) is 12.6. The van der Waals surface area contributed by atoms with Crippen LogP contribution >= 0.6 is 0 Å². The highest BCUT2D eigenvalue weighted by Gasteiger charge is 2.32. The number of hydrogen-bond donors (Lipinski definition) is 0. The van der Waals surface area contributed by atoms with Crippen molar-refractivity contribution in [1.82, 2.24) is 0 Å². The summed E-state index contributed by atoms with van der Waals surface area (Å²) in [5, 5.41) is 18.4. The van der Waals surface area contributed by atoms with Crippen LogP contribution in [0.1, 0.15) is 40.9 Å². The van der Waals surface area contributed by atoms with Crippen molar-refractivity contribution in [1.29, 1.82) is 10.5 Å². The highest BCUT2D eigenvalue weighted by Crippen LogP contribution is 2.40. The van der Waals surface area contributed by atoms with E-state index in [1.54, 1.807) is 0 Å². The molecule has 0 saturated heterocycles. The van der Waals surface area contributed by atoms with Gasteiger partial charge in [-0.05, 0) is 42.5 Å². The predicted molar refractivity (Wildman–Crippen MR) is 81.3 cm³/mol. The Morgan fingerprint density at radius 2 is 1.62 bits per heavy atom. The molecule has 0 N–H and O–H groups in total. The average molecular weight is 276 g/mol. The number of nitrogens with zero attached hydrogens (tertiary/aromatic N) is 2. The van der Waals surface area contributed by atoms with Crippen LogP contribution in [0.15, 0.2) is 29.4 Å². The Kier molecular flexibility index (Phi) is 3.78. The van der Waals surface area contributed by atoms with Gasteiger partial charge in [0.2, 0.25) is 0 Å². The van der Waals surface area contributed by atoms with Crippen LogP contribution in [-0.2, 0) is 0 Å². The predicted octanol–water partition coefficient (Wildman–Crippen LogP) is 3.88. The van der Waals surface area contributed by atoms with Gasteiger partial charge in [-0.15, -0.1) is 0 Å². The summed E-state index contributed by atoms with van der Waals surface area (Å²) in [6.45, 7) is 7.85. The molecule has 0 radical (unpaired) electrons. The van der Waals surface area contributed by atoms with Gasteiger partial charge in [0.15, 0.2) is 5.78 Å². The Bertz CT molecular complexity index is 765. The van der Waals surface area contributed by atoms with Crippen molar-refractivity contribution in [3.05, 3.63) is 51.6 Å². The second kappa shape index (κ2) is 5.38. The number of carbonyl (C=O) groups is 1. The molecule has 0 unspecified atom stereocenters. The number of fused-ring (bicyclic) bond motifs is 1. The van der Waals surface area contributed by atoms with Crippen molar-refractivity contribution >= 4 is 11.4 Å². The first-order valence-electron chi connectivity index (χ1n) is 6.83. The summed E-state index contributed by atoms with van der Waals surface area (Å²) in [5.41, 5.74) is 4.32. The van der Waals surface area contributed by atoms with E-state index >= 15 is 0 Å². The van der Waals surface area contributed by atoms with E-state index in [0.717, 1.165) is 11.1 Å². The molecule has 0 fully saturated rings. The molecule has 0 saturated carbocycles. The molecule has 2 rings (SSSR count). The van der Waals surface area contributed by atoms with Crippen LogP contribution in [0.4, 0.5) is 0 Å². The summed E-state index contributed by atoms with van der Waals surface area (Å²) < 4.78 is 0. The Morgan fingerprint density at radius 1 is 1.10 bits per heavy atom. The van der Waals surface area contributed by atoms with Gasteiger partial charge in [-0.3, -0.25) is 4.79 Å². The van der Waals surface area contributed by atoms with Gasteiger partial charge in [0.25, 0.3) is 0 Å². The molecule has 0 atom stereocenters. The van der Waals surface area contributed by atoms with E-state index in [2.05, 4.69) is 0 Å². The fourth-order valence-corrected chi connectivity index (χ4v) is 2.51. The van der Waals surface area contributed by atoms with Crippen LogP contribution < -0.4 is 0 Å². The van der Waals surface area contributed by atoms with E-state index in [-0.39, 0.29) is 17.3 Å². The molecule has 3 heteroatoms. The summed E-state index contributed by atoms with van der Waals surface area (Å²) in [4.78, 5) is 12.6. The molecule has 0 amide bonds. The third-order valence-electron chi connectivity index (χ3n) is 3.64. The largest absolute Gasteiger partial charge is 0.289 e. The summed E-state index contributed by atoms with van der Waals surface area (Å²) in [7, 11) is 0. The molecular weight excluding hydrogens is 260 g/mol. The Morgan fingerprint density at radius 3 is 2.10 bits per heavy atom. The van der Waals surface area contributed by atoms with Gasteiger partial charge in [-0.25, -0.2) is 0 Å². The van der Waals surface area contributed by atoms with E-state index in [1.165, 1.54) is 0 Å². The monoisotopic (exact) mass is 276 g/mol. The Labute approximate surface area is 124 Å². The third-order valence-corrected chi connectivity index (χ3v) is 3.64. The normalized spacial score (nSPS) is 15.1. The first-order chi connectivity index (χ1) is 9.90. The third kappa shape index (κ3) is 2.39. The molecule has 0 bridgehead atoms. The smallest absolute Gasteiger partial charge is 0.194 e. The summed E-state index contributed by atoms with van der Waals surface area (Å²) >= 11 is 0. The zero-order valence-corrected chi connectivity index (χ0v) is 12.6. The maximum Gasteiger partial charge on any atom is 0.194 e. The van der Waals surface area contributed by atoms with E-state index < -0.39 is 0 Å². The number of hydrogen-bond acceptors (Lipinski definition) is 3. The molecule has 21 heavy (non-hydrogen) atoms. The fraction of sp³-hybridized carbons (Fsp3) is 0.278. The quantitative estimate of drug-likeness (QED) is 0.577. The molecule has 1 aromatic carbocycles. The second-order valence-electron chi connectivity index (χ2n) is 5.61. The van der Waals surface area contributed by atoms with Crippen LogP contribution in [-0.4, -0.2) is 5.78 Å². The van der Waals surface area contributed by atoms with Gasteiger partial charge in [-0.2, -0.15) is 10.5 Å². The first-order valence-corrected chi connectivity index (χ1v) is 6.83. The van der Waals surface area contributed by atoms with Gasteiger partial charge in [0.1, 0.15) is 17.7 Å². The summed E-state index contributed by atoms with van der Waals surface area (Å²) in [6, 6.07) is 7.58. The number of rotatable bonds is 1. The second-order valence-corrected chi connectivity index (χ2v) is 5.61. The maximum absolute atomic E-state index is 12.6. The number of carbonyl (C=O) groups excluding carboxylic acids is 1. The van der Waals surface area contributed by atoms with Crippen molar-refractivity contribution in [3.63, 3.8) is 0 Å². The molecule has 1 aliphatic rings. The molecule has 0 heterocycles. The lowest BCUT2D eigenvalue weighted by atomic mass is 9.96. The first kappa shape index (κ1) is 14.8. The standard InChI is InChI=1S/C18H16N2O/c1-10(2)5-16-17(13(8-19)9-20)14-6-11(3)12(4)7-15(14)18(16)21/h5-7,10H,1-4H3/b16-5+. The van der Waals surface area contributed by atoms with Crippen molar-refractivity contribution < 1.29 is 4.79 Å². The topological polar surface area (TPSA) is 64.7 Å². The minimum atomic E-state index is -0.0974. The van der Waals surface area contributed by atoms with Crippen LogP contribution in [0.5, 0.6) is 0 Å². The molecule has 104 valence electrons. The minimum absolute atomic E-state index is 0.00254. The van der Waals surface area contributed by atoms with E-state index in [0.29, 0.717) is 22.3 Å². The van der Waals surface area contributed by atoms with Crippen molar-refractivity contribution in [2.24, 2.45) is 5.92 Å². The van der Waals surface area contributed by atoms with E-state index in [9.17, 15) is 15.3 Å². The number of allylic oxidation sites excluding steroid dienone is 4. The SMILES string of the molecule is Cc1cc2c(cc1C)C(=C(C#N)C#N)/C(=C\C(C)C)C2=O. The van der Waals surface area contributed by atoms with Crippen LogP contribution in [0.2, 0.25) is 0 Å². The van der Waals surface area contributed by atoms with Gasteiger partial charge in [0.05, 0.1) is 0 Å². The number of Topliss-reactive ketones (excluding diaryl/α,β-unsaturated/α-hetero) is 1. The molecule has 1 aliphatic carbocycles. The summed E-state index contributed by atoms with van der Waals surface area (Å²) in [5.74, 6) is 0.0638. The highest BCUT2D eigenvalue weighted by atomic mass is 16.1. The Balaban J connectivity index is 2.88. The van der Waals surface area contributed by atoms with Crippen LogP contribution in [0.25, 0.3) is 5.57 Å². The van der Waals surface area contributed by atoms with Crippen molar-refractivity contribution in [2.45, 2.75) is 27.7 Å². The van der Waals surface area contributed by atoms with Gasteiger partial charge in [0, 0.05) is 16.7 Å². The van der Waals surface area contributed by atoms with Gasteiger partial charge >= 0.3 is 0 Å². The minimum Gasteiger partial charge on any atom is -0.289 e. The fourth-order valence-electron chi connectivity index (χ4n) is 2.51.